The van der Waals surface area contributed by atoms with Crippen LogP contribution in [0.2, 0.25) is 10.0 Å². The molecule has 0 amide bonds. The zero-order valence-corrected chi connectivity index (χ0v) is 11.9. The van der Waals surface area contributed by atoms with Crippen molar-refractivity contribution in [2.45, 2.75) is 6.61 Å². The number of hydrogen-bond donors (Lipinski definition) is 0. The second kappa shape index (κ2) is 5.76. The van der Waals surface area contributed by atoms with Crippen LogP contribution in [0.1, 0.15) is 5.56 Å². The van der Waals surface area contributed by atoms with Crippen molar-refractivity contribution in [3.63, 3.8) is 0 Å². The summed E-state index contributed by atoms with van der Waals surface area (Å²) in [5, 5.41) is 1.05. The molecule has 0 heterocycles. The zero-order valence-electron chi connectivity index (χ0n) is 8.79. The van der Waals surface area contributed by atoms with Crippen LogP contribution in [0.5, 0.6) is 5.75 Å². The lowest BCUT2D eigenvalue weighted by molar-refractivity contribution is 0.306. The maximum absolute atomic E-state index is 6.00. The van der Waals surface area contributed by atoms with Crippen LogP contribution >= 0.6 is 39.1 Å². The molecule has 1 nitrogen and oxygen atoms in total. The summed E-state index contributed by atoms with van der Waals surface area (Å²) < 4.78 is 6.65. The minimum Gasteiger partial charge on any atom is -0.486 e. The third kappa shape index (κ3) is 3.38. The standard InChI is InChI=1S/C13H9BrCl2O/c14-10-6-4-9(5-7-10)8-17-13-11(15)2-1-3-12(13)16/h1-7H,8H2. The molecule has 0 bridgehead atoms. The summed E-state index contributed by atoms with van der Waals surface area (Å²) in [5.74, 6) is 0.527. The van der Waals surface area contributed by atoms with Gasteiger partial charge in [0.15, 0.2) is 5.75 Å². The molecule has 0 aliphatic heterocycles. The molecule has 0 spiro atoms. The monoisotopic (exact) mass is 330 g/mol. The predicted octanol–water partition coefficient (Wildman–Crippen LogP) is 5.33. The molecule has 0 aromatic heterocycles. The quantitative estimate of drug-likeness (QED) is 0.738. The molecule has 0 unspecified atom stereocenters. The Bertz CT molecular complexity index is 491. The molecule has 2 rings (SSSR count). The van der Waals surface area contributed by atoms with Crippen LogP contribution in [0.3, 0.4) is 0 Å². The Labute approximate surface area is 118 Å². The molecule has 2 aromatic carbocycles. The maximum Gasteiger partial charge on any atom is 0.156 e. The molecule has 0 N–H and O–H groups in total. The van der Waals surface area contributed by atoms with Crippen molar-refractivity contribution in [1.29, 1.82) is 0 Å². The van der Waals surface area contributed by atoms with E-state index in [0.29, 0.717) is 22.4 Å². The largest absolute Gasteiger partial charge is 0.486 e. The molecule has 0 aliphatic rings. The molecule has 0 radical (unpaired) electrons. The molecular weight excluding hydrogens is 323 g/mol. The molecule has 0 fully saturated rings. The van der Waals surface area contributed by atoms with Crippen molar-refractivity contribution in [1.82, 2.24) is 0 Å². The molecule has 4 heteroatoms. The SMILES string of the molecule is Clc1cccc(Cl)c1OCc1ccc(Br)cc1. The van der Waals surface area contributed by atoms with Crippen LogP contribution < -0.4 is 4.74 Å². The van der Waals surface area contributed by atoms with Crippen LogP contribution in [0.15, 0.2) is 46.9 Å². The summed E-state index contributed by atoms with van der Waals surface area (Å²) in [7, 11) is 0. The average molecular weight is 332 g/mol. The van der Waals surface area contributed by atoms with E-state index in [0.717, 1.165) is 10.0 Å². The van der Waals surface area contributed by atoms with Gasteiger partial charge in [-0.15, -0.1) is 0 Å². The first-order chi connectivity index (χ1) is 8.16. The van der Waals surface area contributed by atoms with Crippen molar-refractivity contribution in [2.75, 3.05) is 0 Å². The number of hydrogen-bond acceptors (Lipinski definition) is 1. The molecule has 17 heavy (non-hydrogen) atoms. The van der Waals surface area contributed by atoms with Gasteiger partial charge in [-0.1, -0.05) is 57.3 Å². The van der Waals surface area contributed by atoms with Gasteiger partial charge >= 0.3 is 0 Å². The summed E-state index contributed by atoms with van der Waals surface area (Å²) in [6.45, 7) is 0.441. The summed E-state index contributed by atoms with van der Waals surface area (Å²) >= 11 is 15.4. The summed E-state index contributed by atoms with van der Waals surface area (Å²) in [4.78, 5) is 0. The fraction of sp³-hybridized carbons (Fsp3) is 0.0769. The van der Waals surface area contributed by atoms with Gasteiger partial charge in [-0.25, -0.2) is 0 Å². The van der Waals surface area contributed by atoms with Gasteiger partial charge in [-0.3, -0.25) is 0 Å². The van der Waals surface area contributed by atoms with Gasteiger partial charge in [-0.05, 0) is 29.8 Å². The number of para-hydroxylation sites is 1. The van der Waals surface area contributed by atoms with E-state index in [1.54, 1.807) is 18.2 Å². The highest BCUT2D eigenvalue weighted by Crippen LogP contribution is 2.32. The van der Waals surface area contributed by atoms with Gasteiger partial charge in [0.25, 0.3) is 0 Å². The van der Waals surface area contributed by atoms with Crippen molar-refractivity contribution in [3.05, 3.63) is 62.5 Å². The van der Waals surface area contributed by atoms with Crippen molar-refractivity contribution in [2.24, 2.45) is 0 Å². The lowest BCUT2D eigenvalue weighted by atomic mass is 10.2. The van der Waals surface area contributed by atoms with E-state index in [-0.39, 0.29) is 0 Å². The lowest BCUT2D eigenvalue weighted by Gasteiger charge is -2.09. The van der Waals surface area contributed by atoms with Crippen LogP contribution in [-0.2, 0) is 6.61 Å². The average Bonchev–Trinajstić information content (AvgIpc) is 2.31. The highest BCUT2D eigenvalue weighted by Gasteiger charge is 2.06. The smallest absolute Gasteiger partial charge is 0.156 e. The van der Waals surface area contributed by atoms with Crippen LogP contribution in [0.4, 0.5) is 0 Å². The van der Waals surface area contributed by atoms with Gasteiger partial charge < -0.3 is 4.74 Å². The van der Waals surface area contributed by atoms with E-state index in [4.69, 9.17) is 27.9 Å². The van der Waals surface area contributed by atoms with Gasteiger partial charge in [0.1, 0.15) is 6.61 Å². The van der Waals surface area contributed by atoms with Crippen molar-refractivity contribution < 1.29 is 4.74 Å². The Morgan fingerprint density at radius 1 is 0.941 bits per heavy atom. The number of ether oxygens (including phenoxy) is 1. The van der Waals surface area contributed by atoms with E-state index in [1.165, 1.54) is 0 Å². The Morgan fingerprint density at radius 3 is 2.12 bits per heavy atom. The fourth-order valence-electron chi connectivity index (χ4n) is 1.36. The molecule has 0 saturated heterocycles. The first-order valence-corrected chi connectivity index (χ1v) is 6.53. The predicted molar refractivity (Wildman–Crippen MR) is 74.9 cm³/mol. The highest BCUT2D eigenvalue weighted by molar-refractivity contribution is 9.10. The molecular formula is C13H9BrCl2O. The molecule has 0 atom stereocenters. The van der Waals surface area contributed by atoms with Crippen LogP contribution in [0, 0.1) is 0 Å². The molecule has 2 aromatic rings. The number of halogens is 3. The second-order valence-corrected chi connectivity index (χ2v) is 5.20. The van der Waals surface area contributed by atoms with Gasteiger partial charge in [0, 0.05) is 4.47 Å². The normalized spacial score (nSPS) is 10.3. The van der Waals surface area contributed by atoms with Crippen molar-refractivity contribution in [3.8, 4) is 5.75 Å². The summed E-state index contributed by atoms with van der Waals surface area (Å²) in [5.41, 5.74) is 1.06. The zero-order chi connectivity index (χ0) is 12.3. The minimum absolute atomic E-state index is 0.441. The Kier molecular flexibility index (Phi) is 4.32. The Morgan fingerprint density at radius 2 is 1.53 bits per heavy atom. The fourth-order valence-corrected chi connectivity index (χ4v) is 2.13. The maximum atomic E-state index is 6.00. The van der Waals surface area contributed by atoms with E-state index in [2.05, 4.69) is 15.9 Å². The van der Waals surface area contributed by atoms with E-state index < -0.39 is 0 Å². The Balaban J connectivity index is 2.10. The van der Waals surface area contributed by atoms with E-state index >= 15 is 0 Å². The third-order valence-corrected chi connectivity index (χ3v) is 3.34. The van der Waals surface area contributed by atoms with Crippen molar-refractivity contribution >= 4 is 39.1 Å². The minimum atomic E-state index is 0.441. The van der Waals surface area contributed by atoms with E-state index in [9.17, 15) is 0 Å². The topological polar surface area (TPSA) is 9.23 Å². The first-order valence-electron chi connectivity index (χ1n) is 4.98. The lowest BCUT2D eigenvalue weighted by Crippen LogP contribution is -1.96. The van der Waals surface area contributed by atoms with Gasteiger partial charge in [-0.2, -0.15) is 0 Å². The summed E-state index contributed by atoms with van der Waals surface area (Å²) in [6.07, 6.45) is 0. The number of benzene rings is 2. The van der Waals surface area contributed by atoms with Crippen LogP contribution in [0.25, 0.3) is 0 Å². The van der Waals surface area contributed by atoms with E-state index in [1.807, 2.05) is 24.3 Å². The number of rotatable bonds is 3. The second-order valence-electron chi connectivity index (χ2n) is 3.47. The summed E-state index contributed by atoms with van der Waals surface area (Å²) in [6, 6.07) is 13.2. The highest BCUT2D eigenvalue weighted by atomic mass is 79.9. The Hall–Kier alpha value is -0.700. The first kappa shape index (κ1) is 12.7. The van der Waals surface area contributed by atoms with Gasteiger partial charge in [0.2, 0.25) is 0 Å². The molecule has 0 saturated carbocycles. The third-order valence-electron chi connectivity index (χ3n) is 2.22. The molecule has 0 aliphatic carbocycles. The molecule has 88 valence electrons. The van der Waals surface area contributed by atoms with Crippen LogP contribution in [-0.4, -0.2) is 0 Å². The van der Waals surface area contributed by atoms with Gasteiger partial charge in [0.05, 0.1) is 10.0 Å².